The number of halogens is 2. The van der Waals surface area contributed by atoms with Gasteiger partial charge in [-0.2, -0.15) is 0 Å². The molecule has 0 spiro atoms. The fourth-order valence-electron chi connectivity index (χ4n) is 3.77. The first-order valence-corrected chi connectivity index (χ1v) is 13.9. The summed E-state index contributed by atoms with van der Waals surface area (Å²) >= 11 is 7.69. The fourth-order valence-corrected chi connectivity index (χ4v) is 6.36. The van der Waals surface area contributed by atoms with E-state index >= 15 is 0 Å². The molecule has 0 aliphatic heterocycles. The summed E-state index contributed by atoms with van der Waals surface area (Å²) in [5.74, 6) is 0.727. The molecule has 11 heteroatoms. The lowest BCUT2D eigenvalue weighted by Crippen LogP contribution is -2.30. The highest BCUT2D eigenvalue weighted by atomic mass is 35.5. The molecule has 0 saturated carbocycles. The first-order chi connectivity index (χ1) is 17.7. The van der Waals surface area contributed by atoms with Crippen LogP contribution in [0.25, 0.3) is 0 Å². The Bertz CT molecular complexity index is 1480. The fraction of sp³-hybridized carbons (Fsp3) is 0.192. The Morgan fingerprint density at radius 1 is 1.11 bits per heavy atom. The van der Waals surface area contributed by atoms with Gasteiger partial charge in [-0.25, -0.2) is 22.1 Å². The maximum absolute atomic E-state index is 14.2. The first-order valence-electron chi connectivity index (χ1n) is 11.2. The van der Waals surface area contributed by atoms with Crippen molar-refractivity contribution in [3.63, 3.8) is 0 Å². The number of rotatable bonds is 10. The second-order valence-corrected chi connectivity index (χ2v) is 11.2. The van der Waals surface area contributed by atoms with Crippen molar-refractivity contribution in [2.24, 2.45) is 0 Å². The lowest BCUT2D eigenvalue weighted by atomic mass is 10.1. The van der Waals surface area contributed by atoms with Crippen molar-refractivity contribution in [2.75, 3.05) is 23.8 Å². The molecule has 1 atom stereocenters. The van der Waals surface area contributed by atoms with E-state index in [4.69, 9.17) is 21.1 Å². The molecule has 0 unspecified atom stereocenters. The van der Waals surface area contributed by atoms with Crippen LogP contribution in [0.4, 0.5) is 15.2 Å². The van der Waals surface area contributed by atoms with E-state index in [9.17, 15) is 12.8 Å². The summed E-state index contributed by atoms with van der Waals surface area (Å²) in [5, 5.41) is 5.33. The van der Waals surface area contributed by atoms with Crippen molar-refractivity contribution in [3.05, 3.63) is 94.2 Å². The van der Waals surface area contributed by atoms with Crippen molar-refractivity contribution in [2.45, 2.75) is 24.4 Å². The third-order valence-electron chi connectivity index (χ3n) is 5.71. The standard InChI is InChI=1S/C26H25ClFN3O4S2/c1-17(21-6-4-5-7-23(21)28)30-24-11-10-20(15-22(24)27)37(32,33)31(26-29-12-13-36-26)16-18-8-9-19(34-2)14-25(18)35-3/h4-15,17,30H,16H2,1-3H3/t17-/m0/s1. The molecule has 0 saturated heterocycles. The molecule has 0 aliphatic rings. The first kappa shape index (κ1) is 26.7. The minimum atomic E-state index is -4.07. The van der Waals surface area contributed by atoms with E-state index in [1.54, 1.807) is 61.9 Å². The number of aromatic nitrogens is 1. The lowest BCUT2D eigenvalue weighted by Gasteiger charge is -2.24. The molecule has 4 rings (SSSR count). The van der Waals surface area contributed by atoms with Gasteiger partial charge in [-0.3, -0.25) is 0 Å². The van der Waals surface area contributed by atoms with Crippen LogP contribution in [0.5, 0.6) is 11.5 Å². The molecule has 4 aromatic rings. The predicted molar refractivity (Wildman–Crippen MR) is 145 cm³/mol. The summed E-state index contributed by atoms with van der Waals surface area (Å²) in [7, 11) is -1.02. The number of anilines is 2. The summed E-state index contributed by atoms with van der Waals surface area (Å²) < 4.78 is 53.7. The minimum absolute atomic E-state index is 0.00993. The molecular weight excluding hydrogens is 537 g/mol. The Balaban J connectivity index is 1.65. The number of methoxy groups -OCH3 is 2. The maximum atomic E-state index is 14.2. The monoisotopic (exact) mass is 561 g/mol. The largest absolute Gasteiger partial charge is 0.497 e. The topological polar surface area (TPSA) is 80.8 Å². The number of hydrogen-bond donors (Lipinski definition) is 1. The molecule has 0 fully saturated rings. The number of sulfonamides is 1. The molecule has 1 heterocycles. The molecule has 0 radical (unpaired) electrons. The van der Waals surface area contributed by atoms with Gasteiger partial charge in [0.05, 0.1) is 42.4 Å². The van der Waals surface area contributed by atoms with Gasteiger partial charge in [-0.1, -0.05) is 29.8 Å². The molecule has 7 nitrogen and oxygen atoms in total. The highest BCUT2D eigenvalue weighted by Crippen LogP contribution is 2.35. The van der Waals surface area contributed by atoms with Crippen LogP contribution in [0.1, 0.15) is 24.1 Å². The third-order valence-corrected chi connectivity index (χ3v) is 8.67. The maximum Gasteiger partial charge on any atom is 0.266 e. The number of benzene rings is 3. The van der Waals surface area contributed by atoms with Crippen molar-refractivity contribution >= 4 is 43.8 Å². The van der Waals surface area contributed by atoms with Crippen LogP contribution in [-0.4, -0.2) is 27.6 Å². The Kier molecular flexibility index (Phi) is 8.21. The normalized spacial score (nSPS) is 12.1. The van der Waals surface area contributed by atoms with Gasteiger partial charge in [0.1, 0.15) is 17.3 Å². The van der Waals surface area contributed by atoms with E-state index < -0.39 is 16.1 Å². The number of hydrogen-bond acceptors (Lipinski definition) is 7. The molecule has 37 heavy (non-hydrogen) atoms. The zero-order valence-corrected chi connectivity index (χ0v) is 22.7. The molecular formula is C26H25ClFN3O4S2. The smallest absolute Gasteiger partial charge is 0.266 e. The van der Waals surface area contributed by atoms with Gasteiger partial charge in [0, 0.05) is 28.8 Å². The van der Waals surface area contributed by atoms with Crippen LogP contribution in [0.15, 0.2) is 77.1 Å². The van der Waals surface area contributed by atoms with Gasteiger partial charge in [0.2, 0.25) is 0 Å². The van der Waals surface area contributed by atoms with Crippen molar-refractivity contribution in [3.8, 4) is 11.5 Å². The molecule has 1 aromatic heterocycles. The predicted octanol–water partition coefficient (Wildman–Crippen LogP) is 6.52. The summed E-state index contributed by atoms with van der Waals surface area (Å²) in [4.78, 5) is 4.22. The van der Waals surface area contributed by atoms with E-state index in [1.165, 1.54) is 47.1 Å². The Morgan fingerprint density at radius 2 is 1.89 bits per heavy atom. The Hall–Kier alpha value is -3.34. The van der Waals surface area contributed by atoms with Gasteiger partial charge in [0.15, 0.2) is 5.13 Å². The van der Waals surface area contributed by atoms with Crippen LogP contribution in [0.3, 0.4) is 0 Å². The van der Waals surface area contributed by atoms with Crippen molar-refractivity contribution < 1.29 is 22.3 Å². The molecule has 194 valence electrons. The van der Waals surface area contributed by atoms with E-state index in [0.717, 1.165) is 0 Å². The van der Waals surface area contributed by atoms with Gasteiger partial charge in [0.25, 0.3) is 10.0 Å². The number of thiazole rings is 1. The molecule has 0 bridgehead atoms. The second-order valence-electron chi connectivity index (χ2n) is 8.03. The van der Waals surface area contributed by atoms with E-state index in [0.29, 0.717) is 33.4 Å². The van der Waals surface area contributed by atoms with E-state index in [2.05, 4.69) is 10.3 Å². The SMILES string of the molecule is COc1ccc(CN(c2nccs2)S(=O)(=O)c2ccc(N[C@@H](C)c3ccccc3F)c(Cl)c2)c(OC)c1. The third kappa shape index (κ3) is 5.82. The van der Waals surface area contributed by atoms with Crippen LogP contribution in [0.2, 0.25) is 5.02 Å². The zero-order chi connectivity index (χ0) is 26.6. The molecule has 1 N–H and O–H groups in total. The van der Waals surface area contributed by atoms with Crippen LogP contribution >= 0.6 is 22.9 Å². The van der Waals surface area contributed by atoms with E-state index in [1.807, 2.05) is 0 Å². The molecule has 0 aliphatic carbocycles. The zero-order valence-electron chi connectivity index (χ0n) is 20.3. The second kappa shape index (κ2) is 11.4. The molecule has 3 aromatic carbocycles. The average Bonchev–Trinajstić information content (AvgIpc) is 3.43. The number of nitrogens with one attached hydrogen (secondary N) is 1. The van der Waals surface area contributed by atoms with Crippen molar-refractivity contribution in [1.82, 2.24) is 4.98 Å². The molecule has 0 amide bonds. The van der Waals surface area contributed by atoms with Crippen LogP contribution in [-0.2, 0) is 16.6 Å². The quantitative estimate of drug-likeness (QED) is 0.237. The minimum Gasteiger partial charge on any atom is -0.497 e. The Morgan fingerprint density at radius 3 is 2.54 bits per heavy atom. The van der Waals surface area contributed by atoms with Crippen molar-refractivity contribution in [1.29, 1.82) is 0 Å². The Labute approximate surface area is 224 Å². The summed E-state index contributed by atoms with van der Waals surface area (Å²) in [5.41, 5.74) is 1.58. The number of ether oxygens (including phenoxy) is 2. The van der Waals surface area contributed by atoms with Gasteiger partial charge >= 0.3 is 0 Å². The van der Waals surface area contributed by atoms with Crippen LogP contribution < -0.4 is 19.1 Å². The van der Waals surface area contributed by atoms with Gasteiger partial charge in [-0.05, 0) is 43.3 Å². The summed E-state index contributed by atoms with van der Waals surface area (Å²) in [6.45, 7) is 1.77. The van der Waals surface area contributed by atoms with Gasteiger partial charge in [-0.15, -0.1) is 11.3 Å². The highest BCUT2D eigenvalue weighted by molar-refractivity contribution is 7.93. The average molecular weight is 562 g/mol. The number of nitrogens with zero attached hydrogens (tertiary/aromatic N) is 2. The van der Waals surface area contributed by atoms with Crippen LogP contribution in [0, 0.1) is 5.82 Å². The summed E-state index contributed by atoms with van der Waals surface area (Å²) in [6.07, 6.45) is 1.54. The lowest BCUT2D eigenvalue weighted by molar-refractivity contribution is 0.391. The summed E-state index contributed by atoms with van der Waals surface area (Å²) in [6, 6.07) is 15.6. The van der Waals surface area contributed by atoms with Gasteiger partial charge < -0.3 is 14.8 Å². The highest BCUT2D eigenvalue weighted by Gasteiger charge is 2.29. The van der Waals surface area contributed by atoms with E-state index in [-0.39, 0.29) is 22.3 Å².